The Hall–Kier alpha value is -2.04. The van der Waals surface area contributed by atoms with Crippen LogP contribution in [0.1, 0.15) is 22.7 Å². The van der Waals surface area contributed by atoms with E-state index in [0.717, 1.165) is 28.2 Å². The SMILES string of the molecule is COc1cccc(C(NN)c2ccc(C)c(OC)c2)c1. The van der Waals surface area contributed by atoms with Gasteiger partial charge in [0.15, 0.2) is 0 Å². The maximum Gasteiger partial charge on any atom is 0.122 e. The molecule has 0 radical (unpaired) electrons. The maximum atomic E-state index is 5.73. The van der Waals surface area contributed by atoms with Crippen LogP contribution in [0.15, 0.2) is 42.5 Å². The van der Waals surface area contributed by atoms with E-state index in [-0.39, 0.29) is 6.04 Å². The van der Waals surface area contributed by atoms with E-state index < -0.39 is 0 Å². The molecule has 0 aromatic heterocycles. The van der Waals surface area contributed by atoms with Crippen LogP contribution in [0.25, 0.3) is 0 Å². The molecule has 0 fully saturated rings. The Kier molecular flexibility index (Phi) is 4.61. The number of rotatable bonds is 5. The highest BCUT2D eigenvalue weighted by Gasteiger charge is 2.14. The fraction of sp³-hybridized carbons (Fsp3) is 0.250. The average Bonchev–Trinajstić information content (AvgIpc) is 2.50. The smallest absolute Gasteiger partial charge is 0.122 e. The van der Waals surface area contributed by atoms with Gasteiger partial charge in [0.2, 0.25) is 0 Å². The molecule has 4 heteroatoms. The van der Waals surface area contributed by atoms with Gasteiger partial charge in [0.25, 0.3) is 0 Å². The van der Waals surface area contributed by atoms with E-state index in [9.17, 15) is 0 Å². The summed E-state index contributed by atoms with van der Waals surface area (Å²) in [4.78, 5) is 0. The van der Waals surface area contributed by atoms with Crippen LogP contribution in [0.2, 0.25) is 0 Å². The minimum Gasteiger partial charge on any atom is -0.497 e. The van der Waals surface area contributed by atoms with Crippen LogP contribution in [-0.4, -0.2) is 14.2 Å². The predicted octanol–water partition coefficient (Wildman–Crippen LogP) is 2.56. The first-order valence-corrected chi connectivity index (χ1v) is 6.44. The molecular formula is C16H20N2O2. The summed E-state index contributed by atoms with van der Waals surface area (Å²) in [6.45, 7) is 2.01. The van der Waals surface area contributed by atoms with Gasteiger partial charge >= 0.3 is 0 Å². The lowest BCUT2D eigenvalue weighted by atomic mass is 9.98. The zero-order valence-electron chi connectivity index (χ0n) is 12.0. The topological polar surface area (TPSA) is 56.5 Å². The van der Waals surface area contributed by atoms with Crippen molar-refractivity contribution in [1.82, 2.24) is 5.43 Å². The molecule has 0 aliphatic rings. The summed E-state index contributed by atoms with van der Waals surface area (Å²) in [6, 6.07) is 13.8. The normalized spacial score (nSPS) is 12.0. The van der Waals surface area contributed by atoms with Crippen molar-refractivity contribution in [3.8, 4) is 11.5 Å². The average molecular weight is 272 g/mol. The molecule has 0 saturated heterocycles. The van der Waals surface area contributed by atoms with Gasteiger partial charge in [0.05, 0.1) is 20.3 Å². The first-order chi connectivity index (χ1) is 9.69. The fourth-order valence-electron chi connectivity index (χ4n) is 2.22. The third-order valence-electron chi connectivity index (χ3n) is 3.36. The number of benzene rings is 2. The summed E-state index contributed by atoms with van der Waals surface area (Å²) in [7, 11) is 3.32. The van der Waals surface area contributed by atoms with E-state index in [1.54, 1.807) is 14.2 Å². The van der Waals surface area contributed by atoms with E-state index in [4.69, 9.17) is 15.3 Å². The van der Waals surface area contributed by atoms with Crippen LogP contribution in [0.4, 0.5) is 0 Å². The Labute approximate surface area is 119 Å². The molecule has 0 amide bonds. The molecule has 0 aliphatic heterocycles. The van der Waals surface area contributed by atoms with E-state index >= 15 is 0 Å². The van der Waals surface area contributed by atoms with E-state index in [1.165, 1.54) is 0 Å². The Morgan fingerprint density at radius 1 is 1.00 bits per heavy atom. The van der Waals surface area contributed by atoms with Gasteiger partial charge in [-0.1, -0.05) is 24.3 Å². The van der Waals surface area contributed by atoms with Gasteiger partial charge in [-0.3, -0.25) is 5.84 Å². The van der Waals surface area contributed by atoms with Gasteiger partial charge in [-0.2, -0.15) is 0 Å². The Morgan fingerprint density at radius 2 is 1.75 bits per heavy atom. The molecule has 0 spiro atoms. The molecule has 4 nitrogen and oxygen atoms in total. The van der Waals surface area contributed by atoms with Crippen molar-refractivity contribution in [3.63, 3.8) is 0 Å². The quantitative estimate of drug-likeness (QED) is 0.649. The molecule has 2 rings (SSSR count). The summed E-state index contributed by atoms with van der Waals surface area (Å²) in [5.41, 5.74) is 6.02. The molecule has 2 aromatic rings. The van der Waals surface area contributed by atoms with Gasteiger partial charge in [-0.15, -0.1) is 0 Å². The molecule has 20 heavy (non-hydrogen) atoms. The number of nitrogens with one attached hydrogen (secondary N) is 1. The Bertz CT molecular complexity index is 584. The van der Waals surface area contributed by atoms with Crippen LogP contribution < -0.4 is 20.7 Å². The summed E-state index contributed by atoms with van der Waals surface area (Å²) in [5, 5.41) is 0. The molecule has 1 unspecified atom stereocenters. The Balaban J connectivity index is 2.41. The van der Waals surface area contributed by atoms with Crippen LogP contribution in [0.3, 0.4) is 0 Å². The predicted molar refractivity (Wildman–Crippen MR) is 79.9 cm³/mol. The maximum absolute atomic E-state index is 5.73. The lowest BCUT2D eigenvalue weighted by Crippen LogP contribution is -2.28. The second-order valence-electron chi connectivity index (χ2n) is 4.61. The van der Waals surface area contributed by atoms with Gasteiger partial charge < -0.3 is 9.47 Å². The number of hydrogen-bond donors (Lipinski definition) is 2. The minimum absolute atomic E-state index is 0.111. The lowest BCUT2D eigenvalue weighted by molar-refractivity contribution is 0.410. The van der Waals surface area contributed by atoms with Crippen molar-refractivity contribution in [3.05, 3.63) is 59.2 Å². The first-order valence-electron chi connectivity index (χ1n) is 6.44. The standard InChI is InChI=1S/C16H20N2O2/c1-11-7-8-13(10-15(11)20-3)16(18-17)12-5-4-6-14(9-12)19-2/h4-10,16,18H,17H2,1-3H3. The zero-order valence-corrected chi connectivity index (χ0v) is 12.0. The van der Waals surface area contributed by atoms with Crippen molar-refractivity contribution in [1.29, 1.82) is 0 Å². The lowest BCUT2D eigenvalue weighted by Gasteiger charge is -2.19. The second kappa shape index (κ2) is 6.41. The first kappa shape index (κ1) is 14.4. The van der Waals surface area contributed by atoms with Crippen LogP contribution >= 0.6 is 0 Å². The molecule has 106 valence electrons. The van der Waals surface area contributed by atoms with Crippen LogP contribution in [0, 0.1) is 6.92 Å². The van der Waals surface area contributed by atoms with E-state index in [1.807, 2.05) is 49.4 Å². The third kappa shape index (κ3) is 2.92. The highest BCUT2D eigenvalue weighted by molar-refractivity contribution is 5.42. The van der Waals surface area contributed by atoms with Crippen molar-refractivity contribution >= 4 is 0 Å². The van der Waals surface area contributed by atoms with Gasteiger partial charge in [-0.25, -0.2) is 5.43 Å². The Morgan fingerprint density at radius 3 is 2.40 bits per heavy atom. The van der Waals surface area contributed by atoms with Crippen LogP contribution in [0.5, 0.6) is 11.5 Å². The molecule has 3 N–H and O–H groups in total. The number of nitrogens with two attached hydrogens (primary N) is 1. The van der Waals surface area contributed by atoms with Gasteiger partial charge in [0.1, 0.15) is 11.5 Å². The molecule has 0 aliphatic carbocycles. The summed E-state index contributed by atoms with van der Waals surface area (Å²) >= 11 is 0. The zero-order chi connectivity index (χ0) is 14.5. The van der Waals surface area contributed by atoms with Crippen molar-refractivity contribution in [2.75, 3.05) is 14.2 Å². The highest BCUT2D eigenvalue weighted by Crippen LogP contribution is 2.28. The summed E-state index contributed by atoms with van der Waals surface area (Å²) in [5.74, 6) is 7.39. The van der Waals surface area contributed by atoms with Crippen LogP contribution in [-0.2, 0) is 0 Å². The summed E-state index contributed by atoms with van der Waals surface area (Å²) < 4.78 is 10.6. The number of aryl methyl sites for hydroxylation is 1. The number of hydrogen-bond acceptors (Lipinski definition) is 4. The van der Waals surface area contributed by atoms with Crippen molar-refractivity contribution < 1.29 is 9.47 Å². The highest BCUT2D eigenvalue weighted by atomic mass is 16.5. The molecule has 2 aromatic carbocycles. The summed E-state index contributed by atoms with van der Waals surface area (Å²) in [6.07, 6.45) is 0. The molecule has 0 heterocycles. The van der Waals surface area contributed by atoms with Gasteiger partial charge in [-0.05, 0) is 41.8 Å². The molecular weight excluding hydrogens is 252 g/mol. The van der Waals surface area contributed by atoms with E-state index in [2.05, 4.69) is 5.43 Å². The van der Waals surface area contributed by atoms with Crippen molar-refractivity contribution in [2.24, 2.45) is 5.84 Å². The van der Waals surface area contributed by atoms with Gasteiger partial charge in [0, 0.05) is 0 Å². The van der Waals surface area contributed by atoms with Crippen molar-refractivity contribution in [2.45, 2.75) is 13.0 Å². The number of ether oxygens (including phenoxy) is 2. The van der Waals surface area contributed by atoms with E-state index in [0.29, 0.717) is 0 Å². The second-order valence-corrected chi connectivity index (χ2v) is 4.61. The molecule has 1 atom stereocenters. The minimum atomic E-state index is -0.111. The fourth-order valence-corrected chi connectivity index (χ4v) is 2.22. The monoisotopic (exact) mass is 272 g/mol. The third-order valence-corrected chi connectivity index (χ3v) is 3.36. The number of hydrazine groups is 1. The molecule has 0 saturated carbocycles. The largest absolute Gasteiger partial charge is 0.497 e. The number of methoxy groups -OCH3 is 2. The molecule has 0 bridgehead atoms.